The summed E-state index contributed by atoms with van der Waals surface area (Å²) in [5.41, 5.74) is 1.40. The lowest BCUT2D eigenvalue weighted by Gasteiger charge is -2.21. The number of hydrogen-bond donors (Lipinski definition) is 4. The van der Waals surface area contributed by atoms with Gasteiger partial charge in [0.05, 0.1) is 19.9 Å². The Balaban J connectivity index is 2.07. The van der Waals surface area contributed by atoms with Crippen molar-refractivity contribution in [1.82, 2.24) is 20.3 Å². The Bertz CT molecular complexity index is 639. The summed E-state index contributed by atoms with van der Waals surface area (Å²) in [7, 11) is 0. The number of nitrogens with zero attached hydrogens (tertiary/aromatic N) is 1. The van der Waals surface area contributed by atoms with Gasteiger partial charge in [0.2, 0.25) is 5.95 Å². The highest BCUT2D eigenvalue weighted by molar-refractivity contribution is 9.13. The summed E-state index contributed by atoms with van der Waals surface area (Å²) < 4.78 is 1.57. The molecule has 1 aliphatic heterocycles. The second-order valence-corrected chi connectivity index (χ2v) is 7.09. The van der Waals surface area contributed by atoms with Crippen LogP contribution in [0.15, 0.2) is 21.5 Å². The standard InChI is InChI=1S/C11H10Br3N5O/c12-4-3-17-10(20)8-5(6(13)9(14)18-8)7(4)19-11-15-1-2-16-11/h1-2,4,7,18H,3H2,(H,17,20)(H2,15,16,19). The van der Waals surface area contributed by atoms with E-state index in [0.29, 0.717) is 18.2 Å². The lowest BCUT2D eigenvalue weighted by atomic mass is 10.1. The second kappa shape index (κ2) is 5.53. The highest BCUT2D eigenvalue weighted by Gasteiger charge is 2.34. The molecule has 3 rings (SSSR count). The Morgan fingerprint density at radius 1 is 1.40 bits per heavy atom. The van der Waals surface area contributed by atoms with Gasteiger partial charge in [0.15, 0.2) is 0 Å². The van der Waals surface area contributed by atoms with E-state index in [1.807, 2.05) is 0 Å². The Morgan fingerprint density at radius 2 is 2.20 bits per heavy atom. The van der Waals surface area contributed by atoms with Crippen LogP contribution in [0.5, 0.6) is 0 Å². The fourth-order valence-corrected chi connectivity index (χ4v) is 3.68. The van der Waals surface area contributed by atoms with Crippen molar-refractivity contribution < 1.29 is 4.79 Å². The Hall–Kier alpha value is -0.800. The first-order valence-electron chi connectivity index (χ1n) is 5.83. The molecule has 106 valence electrons. The van der Waals surface area contributed by atoms with Gasteiger partial charge in [0.1, 0.15) is 5.69 Å². The van der Waals surface area contributed by atoms with Crippen LogP contribution in [-0.2, 0) is 0 Å². The number of nitrogens with one attached hydrogen (secondary N) is 4. The zero-order valence-electron chi connectivity index (χ0n) is 10.0. The van der Waals surface area contributed by atoms with E-state index in [2.05, 4.69) is 73.4 Å². The molecule has 1 aliphatic rings. The van der Waals surface area contributed by atoms with Crippen LogP contribution in [0.1, 0.15) is 22.1 Å². The van der Waals surface area contributed by atoms with Crippen LogP contribution in [0.3, 0.4) is 0 Å². The Labute approximate surface area is 139 Å². The molecule has 0 bridgehead atoms. The fourth-order valence-electron chi connectivity index (χ4n) is 2.16. The molecular formula is C11H10Br3N5O. The Kier molecular flexibility index (Phi) is 3.91. The third-order valence-corrected chi connectivity index (χ3v) is 5.88. The summed E-state index contributed by atoms with van der Waals surface area (Å²) in [6, 6.07) is -0.118. The van der Waals surface area contributed by atoms with E-state index in [1.165, 1.54) is 0 Å². The van der Waals surface area contributed by atoms with Gasteiger partial charge in [-0.15, -0.1) is 0 Å². The van der Waals surface area contributed by atoms with Crippen molar-refractivity contribution in [2.45, 2.75) is 10.9 Å². The van der Waals surface area contributed by atoms with Gasteiger partial charge in [-0.05, 0) is 31.9 Å². The molecule has 2 aromatic rings. The van der Waals surface area contributed by atoms with Crippen molar-refractivity contribution in [3.8, 4) is 0 Å². The molecule has 3 heterocycles. The quantitative estimate of drug-likeness (QED) is 0.512. The van der Waals surface area contributed by atoms with Crippen LogP contribution in [0.2, 0.25) is 0 Å². The largest absolute Gasteiger partial charge is 0.350 e. The minimum atomic E-state index is -0.125. The number of anilines is 1. The summed E-state index contributed by atoms with van der Waals surface area (Å²) in [6.07, 6.45) is 3.42. The number of halogens is 3. The first-order chi connectivity index (χ1) is 9.58. The highest BCUT2D eigenvalue weighted by atomic mass is 79.9. The summed E-state index contributed by atoms with van der Waals surface area (Å²) in [5.74, 6) is 0.531. The van der Waals surface area contributed by atoms with Gasteiger partial charge in [-0.2, -0.15) is 0 Å². The maximum Gasteiger partial charge on any atom is 0.268 e. The number of aromatic amines is 2. The van der Waals surface area contributed by atoms with Gasteiger partial charge in [-0.1, -0.05) is 15.9 Å². The van der Waals surface area contributed by atoms with Crippen LogP contribution < -0.4 is 10.6 Å². The third kappa shape index (κ3) is 2.42. The number of rotatable bonds is 2. The SMILES string of the molecule is O=C1NCC(Br)C(Nc2ncc[nH]2)c2c1[nH]c(Br)c2Br. The van der Waals surface area contributed by atoms with Crippen molar-refractivity contribution in [2.75, 3.05) is 11.9 Å². The van der Waals surface area contributed by atoms with Gasteiger partial charge in [-0.3, -0.25) is 4.79 Å². The summed E-state index contributed by atoms with van der Waals surface area (Å²) >= 11 is 10.5. The smallest absolute Gasteiger partial charge is 0.268 e. The monoisotopic (exact) mass is 465 g/mol. The molecule has 2 aromatic heterocycles. The van der Waals surface area contributed by atoms with Crippen molar-refractivity contribution >= 4 is 59.6 Å². The number of aromatic nitrogens is 3. The lowest BCUT2D eigenvalue weighted by Crippen LogP contribution is -2.30. The average molecular weight is 468 g/mol. The molecule has 0 spiro atoms. The number of amides is 1. The van der Waals surface area contributed by atoms with Crippen LogP contribution in [0.4, 0.5) is 5.95 Å². The molecule has 20 heavy (non-hydrogen) atoms. The van der Waals surface area contributed by atoms with Gasteiger partial charge in [-0.25, -0.2) is 4.98 Å². The molecule has 6 nitrogen and oxygen atoms in total. The molecule has 0 saturated carbocycles. The van der Waals surface area contributed by atoms with Crippen molar-refractivity contribution in [1.29, 1.82) is 0 Å². The Morgan fingerprint density at radius 3 is 2.90 bits per heavy atom. The first kappa shape index (κ1) is 14.2. The number of hydrogen-bond acceptors (Lipinski definition) is 3. The molecule has 0 radical (unpaired) electrons. The lowest BCUT2D eigenvalue weighted by molar-refractivity contribution is 0.0952. The molecule has 1 amide bonds. The number of imidazole rings is 1. The van der Waals surface area contributed by atoms with Crippen LogP contribution in [0.25, 0.3) is 0 Å². The number of fused-ring (bicyclic) bond motifs is 1. The maximum atomic E-state index is 12.1. The van der Waals surface area contributed by atoms with E-state index in [1.54, 1.807) is 12.4 Å². The van der Waals surface area contributed by atoms with E-state index in [9.17, 15) is 4.79 Å². The van der Waals surface area contributed by atoms with Gasteiger partial charge in [0.25, 0.3) is 5.91 Å². The second-order valence-electron chi connectivity index (χ2n) is 4.33. The van der Waals surface area contributed by atoms with Crippen LogP contribution >= 0.6 is 47.8 Å². The fraction of sp³-hybridized carbons (Fsp3) is 0.273. The van der Waals surface area contributed by atoms with Crippen molar-refractivity contribution in [3.63, 3.8) is 0 Å². The zero-order valence-corrected chi connectivity index (χ0v) is 14.8. The van der Waals surface area contributed by atoms with Gasteiger partial charge >= 0.3 is 0 Å². The third-order valence-electron chi connectivity index (χ3n) is 3.08. The highest BCUT2D eigenvalue weighted by Crippen LogP contribution is 2.39. The van der Waals surface area contributed by atoms with Gasteiger partial charge in [0, 0.05) is 24.5 Å². The van der Waals surface area contributed by atoms with Gasteiger partial charge < -0.3 is 20.6 Å². The number of alkyl halides is 1. The van der Waals surface area contributed by atoms with E-state index >= 15 is 0 Å². The van der Waals surface area contributed by atoms with E-state index in [4.69, 9.17) is 0 Å². The molecular weight excluding hydrogens is 458 g/mol. The normalized spacial score (nSPS) is 22.1. The topological polar surface area (TPSA) is 85.6 Å². The number of H-pyrrole nitrogens is 2. The predicted octanol–water partition coefficient (Wildman–Crippen LogP) is 2.92. The van der Waals surface area contributed by atoms with E-state index in [-0.39, 0.29) is 16.8 Å². The average Bonchev–Trinajstić information content (AvgIpc) is 3.00. The van der Waals surface area contributed by atoms with Crippen LogP contribution in [-0.4, -0.2) is 32.2 Å². The molecule has 4 N–H and O–H groups in total. The molecule has 0 aromatic carbocycles. The number of carbonyl (C=O) groups is 1. The summed E-state index contributed by atoms with van der Waals surface area (Å²) in [5, 5.41) is 6.18. The van der Waals surface area contributed by atoms with E-state index < -0.39 is 0 Å². The molecule has 2 atom stereocenters. The number of carbonyl (C=O) groups excluding carboxylic acids is 1. The van der Waals surface area contributed by atoms with Crippen molar-refractivity contribution in [2.24, 2.45) is 0 Å². The molecule has 0 saturated heterocycles. The first-order valence-corrected chi connectivity index (χ1v) is 8.33. The summed E-state index contributed by atoms with van der Waals surface area (Å²) in [4.78, 5) is 22.4. The minimum Gasteiger partial charge on any atom is -0.350 e. The van der Waals surface area contributed by atoms with Crippen LogP contribution in [0, 0.1) is 0 Å². The van der Waals surface area contributed by atoms with E-state index in [0.717, 1.165) is 14.6 Å². The molecule has 0 fully saturated rings. The predicted molar refractivity (Wildman–Crippen MR) is 86.2 cm³/mol. The summed E-state index contributed by atoms with van der Waals surface area (Å²) in [6.45, 7) is 0.518. The zero-order chi connectivity index (χ0) is 14.3. The molecule has 0 aliphatic carbocycles. The molecule has 2 unspecified atom stereocenters. The maximum absolute atomic E-state index is 12.1. The molecule has 9 heteroatoms. The minimum absolute atomic E-state index is 0.0248. The van der Waals surface area contributed by atoms with Crippen molar-refractivity contribution in [3.05, 3.63) is 32.7 Å².